The Bertz CT molecular complexity index is 101. The SMILES string of the molecule is CCN(C)CCO[Si](C)(C)C. The average molecular weight is 175 g/mol. The maximum atomic E-state index is 5.70. The highest BCUT2D eigenvalue weighted by molar-refractivity contribution is 6.69. The monoisotopic (exact) mass is 175 g/mol. The van der Waals surface area contributed by atoms with Crippen molar-refractivity contribution in [3.63, 3.8) is 0 Å². The van der Waals surface area contributed by atoms with Crippen LogP contribution in [0.1, 0.15) is 6.92 Å². The van der Waals surface area contributed by atoms with Gasteiger partial charge in [-0.3, -0.25) is 0 Å². The van der Waals surface area contributed by atoms with Gasteiger partial charge < -0.3 is 9.33 Å². The van der Waals surface area contributed by atoms with E-state index in [0.717, 1.165) is 19.7 Å². The van der Waals surface area contributed by atoms with Crippen molar-refractivity contribution < 1.29 is 4.43 Å². The molecule has 0 heterocycles. The molecule has 68 valence electrons. The molecular weight excluding hydrogens is 154 g/mol. The van der Waals surface area contributed by atoms with Crippen LogP contribution in [0.4, 0.5) is 0 Å². The summed E-state index contributed by atoms with van der Waals surface area (Å²) in [6.45, 7) is 11.9. The second-order valence-corrected chi connectivity index (χ2v) is 8.37. The second-order valence-electron chi connectivity index (χ2n) is 3.86. The Morgan fingerprint density at radius 1 is 1.27 bits per heavy atom. The molecule has 0 fully saturated rings. The summed E-state index contributed by atoms with van der Waals surface area (Å²) in [7, 11) is 0.855. The number of nitrogens with zero attached hydrogens (tertiary/aromatic N) is 1. The van der Waals surface area contributed by atoms with Gasteiger partial charge in [0.2, 0.25) is 0 Å². The fourth-order valence-electron chi connectivity index (χ4n) is 0.666. The molecule has 0 aliphatic rings. The Balaban J connectivity index is 3.28. The third-order valence-electron chi connectivity index (χ3n) is 1.55. The summed E-state index contributed by atoms with van der Waals surface area (Å²) in [6.07, 6.45) is 0. The van der Waals surface area contributed by atoms with Gasteiger partial charge in [-0.25, -0.2) is 0 Å². The van der Waals surface area contributed by atoms with Crippen LogP contribution in [0.2, 0.25) is 19.6 Å². The van der Waals surface area contributed by atoms with Gasteiger partial charge in [0.1, 0.15) is 0 Å². The van der Waals surface area contributed by atoms with Crippen molar-refractivity contribution >= 4 is 8.32 Å². The zero-order valence-corrected chi connectivity index (χ0v) is 9.48. The van der Waals surface area contributed by atoms with E-state index in [4.69, 9.17) is 4.43 Å². The summed E-state index contributed by atoms with van der Waals surface area (Å²) in [5.41, 5.74) is 0. The van der Waals surface area contributed by atoms with Gasteiger partial charge in [-0.2, -0.15) is 0 Å². The van der Waals surface area contributed by atoms with Gasteiger partial charge in [0.25, 0.3) is 0 Å². The molecule has 0 aromatic carbocycles. The fraction of sp³-hybridized carbons (Fsp3) is 1.00. The second kappa shape index (κ2) is 4.90. The van der Waals surface area contributed by atoms with Gasteiger partial charge in [0.05, 0.1) is 0 Å². The first kappa shape index (κ1) is 11.1. The largest absolute Gasteiger partial charge is 0.416 e. The van der Waals surface area contributed by atoms with Gasteiger partial charge in [-0.15, -0.1) is 0 Å². The first-order valence-corrected chi connectivity index (χ1v) is 7.69. The Kier molecular flexibility index (Phi) is 4.96. The lowest BCUT2D eigenvalue weighted by Crippen LogP contribution is -2.31. The van der Waals surface area contributed by atoms with Crippen LogP contribution >= 0.6 is 0 Å². The normalized spacial score (nSPS) is 12.5. The molecule has 3 heteroatoms. The van der Waals surface area contributed by atoms with Gasteiger partial charge >= 0.3 is 0 Å². The van der Waals surface area contributed by atoms with E-state index in [-0.39, 0.29) is 0 Å². The van der Waals surface area contributed by atoms with Crippen LogP contribution in [-0.4, -0.2) is 40.0 Å². The van der Waals surface area contributed by atoms with E-state index in [9.17, 15) is 0 Å². The summed E-state index contributed by atoms with van der Waals surface area (Å²) >= 11 is 0. The molecule has 0 amide bonds. The molecule has 0 saturated carbocycles. The van der Waals surface area contributed by atoms with Crippen LogP contribution in [0, 0.1) is 0 Å². The Labute approximate surface area is 71.7 Å². The zero-order chi connectivity index (χ0) is 8.91. The number of hydrogen-bond acceptors (Lipinski definition) is 2. The van der Waals surface area contributed by atoms with E-state index in [1.165, 1.54) is 0 Å². The lowest BCUT2D eigenvalue weighted by Gasteiger charge is -2.20. The quantitative estimate of drug-likeness (QED) is 0.591. The highest BCUT2D eigenvalue weighted by Crippen LogP contribution is 2.01. The molecule has 0 rings (SSSR count). The third kappa shape index (κ3) is 8.04. The standard InChI is InChI=1S/C8H21NOSi/c1-6-9(2)7-8-10-11(3,4)5/h6-8H2,1-5H3. The number of rotatable bonds is 5. The molecule has 0 unspecified atom stereocenters. The maximum Gasteiger partial charge on any atom is 0.183 e. The molecule has 0 spiro atoms. The Morgan fingerprint density at radius 3 is 2.18 bits per heavy atom. The summed E-state index contributed by atoms with van der Waals surface area (Å²) in [5.74, 6) is 0. The predicted molar refractivity (Wildman–Crippen MR) is 52.5 cm³/mol. The molecule has 0 bridgehead atoms. The average Bonchev–Trinajstić information content (AvgIpc) is 1.85. The molecule has 0 N–H and O–H groups in total. The maximum absolute atomic E-state index is 5.70. The van der Waals surface area contributed by atoms with Crippen molar-refractivity contribution in [3.8, 4) is 0 Å². The van der Waals surface area contributed by atoms with Crippen LogP contribution in [0.25, 0.3) is 0 Å². The van der Waals surface area contributed by atoms with Gasteiger partial charge in [0, 0.05) is 13.2 Å². The topological polar surface area (TPSA) is 12.5 Å². The van der Waals surface area contributed by atoms with E-state index in [1.54, 1.807) is 0 Å². The van der Waals surface area contributed by atoms with Crippen LogP contribution in [0.3, 0.4) is 0 Å². The van der Waals surface area contributed by atoms with Crippen LogP contribution in [0.15, 0.2) is 0 Å². The summed E-state index contributed by atoms with van der Waals surface area (Å²) in [6, 6.07) is 0. The minimum atomic E-state index is -1.26. The Hall–Kier alpha value is 0.137. The smallest absolute Gasteiger partial charge is 0.183 e. The molecule has 0 atom stereocenters. The summed E-state index contributed by atoms with van der Waals surface area (Å²) in [4.78, 5) is 2.26. The molecule has 0 saturated heterocycles. The van der Waals surface area contributed by atoms with Crippen LogP contribution in [0.5, 0.6) is 0 Å². The van der Waals surface area contributed by atoms with Gasteiger partial charge in [-0.1, -0.05) is 6.92 Å². The zero-order valence-electron chi connectivity index (χ0n) is 8.48. The molecule has 0 radical (unpaired) electrons. The first-order valence-electron chi connectivity index (χ1n) is 4.28. The van der Waals surface area contributed by atoms with E-state index >= 15 is 0 Å². The molecule has 11 heavy (non-hydrogen) atoms. The van der Waals surface area contributed by atoms with Gasteiger partial charge in [-0.05, 0) is 33.2 Å². The van der Waals surface area contributed by atoms with Crippen molar-refractivity contribution in [2.24, 2.45) is 0 Å². The molecule has 0 aliphatic carbocycles. The predicted octanol–water partition coefficient (Wildman–Crippen LogP) is 1.79. The number of likely N-dealkylation sites (N-methyl/N-ethyl adjacent to an activating group) is 1. The fourth-order valence-corrected chi connectivity index (χ4v) is 1.37. The lowest BCUT2D eigenvalue weighted by molar-refractivity contribution is 0.239. The molecular formula is C8H21NOSi. The van der Waals surface area contributed by atoms with Crippen molar-refractivity contribution in [1.82, 2.24) is 4.90 Å². The van der Waals surface area contributed by atoms with Crippen molar-refractivity contribution in [2.45, 2.75) is 26.6 Å². The summed E-state index contributed by atoms with van der Waals surface area (Å²) in [5, 5.41) is 0. The minimum Gasteiger partial charge on any atom is -0.416 e. The molecule has 0 aromatic heterocycles. The van der Waals surface area contributed by atoms with E-state index < -0.39 is 8.32 Å². The van der Waals surface area contributed by atoms with Crippen LogP contribution < -0.4 is 0 Å². The Morgan fingerprint density at radius 2 is 1.82 bits per heavy atom. The van der Waals surface area contributed by atoms with E-state index in [0.29, 0.717) is 0 Å². The lowest BCUT2D eigenvalue weighted by atomic mass is 10.6. The molecule has 0 aromatic rings. The summed E-state index contributed by atoms with van der Waals surface area (Å²) < 4.78 is 5.70. The number of hydrogen-bond donors (Lipinski definition) is 0. The van der Waals surface area contributed by atoms with Gasteiger partial charge in [0.15, 0.2) is 8.32 Å². The third-order valence-corrected chi connectivity index (χ3v) is 2.62. The minimum absolute atomic E-state index is 0.889. The van der Waals surface area contributed by atoms with Crippen LogP contribution in [-0.2, 0) is 4.43 Å². The van der Waals surface area contributed by atoms with Crippen molar-refractivity contribution in [3.05, 3.63) is 0 Å². The van der Waals surface area contributed by atoms with Crippen molar-refractivity contribution in [1.29, 1.82) is 0 Å². The highest BCUT2D eigenvalue weighted by Gasteiger charge is 2.13. The van der Waals surface area contributed by atoms with E-state index in [2.05, 4.69) is 38.5 Å². The molecule has 2 nitrogen and oxygen atoms in total. The highest BCUT2D eigenvalue weighted by atomic mass is 28.4. The first-order chi connectivity index (χ1) is 4.95. The van der Waals surface area contributed by atoms with Crippen molar-refractivity contribution in [2.75, 3.05) is 26.7 Å². The van der Waals surface area contributed by atoms with E-state index in [1.807, 2.05) is 0 Å². The molecule has 0 aliphatic heterocycles.